The molecular weight excluding hydrogens is 112 g/mol. The maximum atomic E-state index is 4.25. The van der Waals surface area contributed by atoms with Crippen LogP contribution in [0.3, 0.4) is 0 Å². The standard InChI is InChI=1S/C7H12N2/c1-2-4-7-8-5-3-6-9-7/h2H,1,3-6H2,(H,8,9). The smallest absolute Gasteiger partial charge is 0.100 e. The van der Waals surface area contributed by atoms with Gasteiger partial charge in [-0.2, -0.15) is 0 Å². The number of nitrogens with zero attached hydrogens (tertiary/aromatic N) is 1. The van der Waals surface area contributed by atoms with Crippen molar-refractivity contribution in [1.82, 2.24) is 5.32 Å². The Labute approximate surface area is 55.7 Å². The Hall–Kier alpha value is -0.790. The fraction of sp³-hybridized carbons (Fsp3) is 0.571. The van der Waals surface area contributed by atoms with Gasteiger partial charge in [0.2, 0.25) is 0 Å². The van der Waals surface area contributed by atoms with Crippen molar-refractivity contribution in [2.75, 3.05) is 13.1 Å². The average molecular weight is 124 g/mol. The third-order valence-corrected chi connectivity index (χ3v) is 1.30. The molecule has 2 nitrogen and oxygen atoms in total. The Balaban J connectivity index is 2.36. The Bertz CT molecular complexity index is 127. The van der Waals surface area contributed by atoms with Gasteiger partial charge in [-0.25, -0.2) is 0 Å². The van der Waals surface area contributed by atoms with Crippen LogP contribution in [0.4, 0.5) is 0 Å². The van der Waals surface area contributed by atoms with Gasteiger partial charge in [0.15, 0.2) is 0 Å². The normalized spacial score (nSPS) is 18.0. The molecule has 1 aliphatic heterocycles. The van der Waals surface area contributed by atoms with Gasteiger partial charge in [-0.3, -0.25) is 4.99 Å². The van der Waals surface area contributed by atoms with Gasteiger partial charge in [0.05, 0.1) is 0 Å². The first-order chi connectivity index (χ1) is 4.43. The quantitative estimate of drug-likeness (QED) is 0.545. The summed E-state index contributed by atoms with van der Waals surface area (Å²) in [5.74, 6) is 1.09. The fourth-order valence-electron chi connectivity index (χ4n) is 0.855. The molecule has 0 aromatic heterocycles. The molecule has 1 heterocycles. The summed E-state index contributed by atoms with van der Waals surface area (Å²) in [6, 6.07) is 0. The van der Waals surface area contributed by atoms with Crippen molar-refractivity contribution in [2.45, 2.75) is 12.8 Å². The number of hydrogen-bond acceptors (Lipinski definition) is 2. The summed E-state index contributed by atoms with van der Waals surface area (Å²) in [5.41, 5.74) is 0. The van der Waals surface area contributed by atoms with E-state index in [1.807, 2.05) is 6.08 Å². The summed E-state index contributed by atoms with van der Waals surface area (Å²) in [5, 5.41) is 3.20. The fourth-order valence-corrected chi connectivity index (χ4v) is 0.855. The van der Waals surface area contributed by atoms with Crippen molar-refractivity contribution in [3.63, 3.8) is 0 Å². The molecule has 0 fully saturated rings. The minimum absolute atomic E-state index is 0.889. The minimum atomic E-state index is 0.889. The molecule has 0 radical (unpaired) electrons. The molecule has 50 valence electrons. The SMILES string of the molecule is C=CCC1=NCCCN1. The predicted molar refractivity (Wildman–Crippen MR) is 39.7 cm³/mol. The highest BCUT2D eigenvalue weighted by Crippen LogP contribution is 1.92. The number of hydrogen-bond donors (Lipinski definition) is 1. The van der Waals surface area contributed by atoms with E-state index in [4.69, 9.17) is 0 Å². The summed E-state index contributed by atoms with van der Waals surface area (Å²) >= 11 is 0. The van der Waals surface area contributed by atoms with Gasteiger partial charge in [0, 0.05) is 19.5 Å². The van der Waals surface area contributed by atoms with Crippen LogP contribution in [-0.2, 0) is 0 Å². The third kappa shape index (κ3) is 1.88. The second kappa shape index (κ2) is 3.28. The van der Waals surface area contributed by atoms with Crippen LogP contribution in [0.5, 0.6) is 0 Å². The van der Waals surface area contributed by atoms with Crippen LogP contribution in [0.2, 0.25) is 0 Å². The predicted octanol–water partition coefficient (Wildman–Crippen LogP) is 0.954. The van der Waals surface area contributed by atoms with Crippen LogP contribution < -0.4 is 5.32 Å². The van der Waals surface area contributed by atoms with Crippen molar-refractivity contribution in [3.05, 3.63) is 12.7 Å². The van der Waals surface area contributed by atoms with Gasteiger partial charge in [-0.15, -0.1) is 6.58 Å². The molecule has 0 unspecified atom stereocenters. The number of nitrogens with one attached hydrogen (secondary N) is 1. The molecule has 9 heavy (non-hydrogen) atoms. The van der Waals surface area contributed by atoms with Gasteiger partial charge in [0.1, 0.15) is 5.84 Å². The van der Waals surface area contributed by atoms with Crippen molar-refractivity contribution < 1.29 is 0 Å². The Kier molecular flexibility index (Phi) is 2.31. The highest BCUT2D eigenvalue weighted by atomic mass is 15.0. The minimum Gasteiger partial charge on any atom is -0.374 e. The van der Waals surface area contributed by atoms with Crippen molar-refractivity contribution in [3.8, 4) is 0 Å². The topological polar surface area (TPSA) is 24.4 Å². The zero-order valence-electron chi connectivity index (χ0n) is 5.56. The van der Waals surface area contributed by atoms with Crippen LogP contribution in [-0.4, -0.2) is 18.9 Å². The molecule has 1 aliphatic rings. The Morgan fingerprint density at radius 1 is 1.78 bits per heavy atom. The van der Waals surface area contributed by atoms with Crippen LogP contribution in [0.25, 0.3) is 0 Å². The van der Waals surface area contributed by atoms with E-state index >= 15 is 0 Å². The molecule has 1 rings (SSSR count). The lowest BCUT2D eigenvalue weighted by Gasteiger charge is -2.12. The van der Waals surface area contributed by atoms with E-state index in [9.17, 15) is 0 Å². The largest absolute Gasteiger partial charge is 0.374 e. The maximum absolute atomic E-state index is 4.25. The molecule has 0 amide bonds. The average Bonchev–Trinajstić information content (AvgIpc) is 1.91. The maximum Gasteiger partial charge on any atom is 0.100 e. The third-order valence-electron chi connectivity index (χ3n) is 1.30. The van der Waals surface area contributed by atoms with E-state index in [0.29, 0.717) is 0 Å². The van der Waals surface area contributed by atoms with E-state index in [1.54, 1.807) is 0 Å². The molecular formula is C7H12N2. The molecule has 0 aliphatic carbocycles. The lowest BCUT2D eigenvalue weighted by molar-refractivity contribution is 0.733. The summed E-state index contributed by atoms with van der Waals surface area (Å²) in [7, 11) is 0. The molecule has 2 heteroatoms. The van der Waals surface area contributed by atoms with Gasteiger partial charge in [-0.1, -0.05) is 6.08 Å². The van der Waals surface area contributed by atoms with Crippen LogP contribution in [0.15, 0.2) is 17.6 Å². The molecule has 0 atom stereocenters. The van der Waals surface area contributed by atoms with E-state index in [1.165, 1.54) is 6.42 Å². The molecule has 1 N–H and O–H groups in total. The van der Waals surface area contributed by atoms with Crippen molar-refractivity contribution in [2.24, 2.45) is 4.99 Å². The zero-order chi connectivity index (χ0) is 6.53. The number of rotatable bonds is 2. The summed E-state index contributed by atoms with van der Waals surface area (Å²) in [4.78, 5) is 4.25. The molecule has 0 aromatic carbocycles. The second-order valence-corrected chi connectivity index (χ2v) is 2.10. The molecule has 0 saturated carbocycles. The first kappa shape index (κ1) is 6.33. The summed E-state index contributed by atoms with van der Waals surface area (Å²) < 4.78 is 0. The zero-order valence-corrected chi connectivity index (χ0v) is 5.56. The first-order valence-corrected chi connectivity index (χ1v) is 3.31. The number of aliphatic imine (C=N–C) groups is 1. The Morgan fingerprint density at radius 2 is 2.67 bits per heavy atom. The van der Waals surface area contributed by atoms with Crippen molar-refractivity contribution >= 4 is 5.84 Å². The summed E-state index contributed by atoms with van der Waals surface area (Å²) in [6.45, 7) is 5.69. The monoisotopic (exact) mass is 124 g/mol. The van der Waals surface area contributed by atoms with E-state index < -0.39 is 0 Å². The lowest BCUT2D eigenvalue weighted by Crippen LogP contribution is -2.28. The molecule has 0 bridgehead atoms. The van der Waals surface area contributed by atoms with E-state index in [2.05, 4.69) is 16.9 Å². The Morgan fingerprint density at radius 3 is 3.22 bits per heavy atom. The highest BCUT2D eigenvalue weighted by molar-refractivity contribution is 5.83. The van der Waals surface area contributed by atoms with Crippen LogP contribution in [0, 0.1) is 0 Å². The van der Waals surface area contributed by atoms with Gasteiger partial charge in [0.25, 0.3) is 0 Å². The van der Waals surface area contributed by atoms with E-state index in [0.717, 1.165) is 25.3 Å². The van der Waals surface area contributed by atoms with Crippen molar-refractivity contribution in [1.29, 1.82) is 0 Å². The van der Waals surface area contributed by atoms with Gasteiger partial charge < -0.3 is 5.32 Å². The van der Waals surface area contributed by atoms with Crippen LogP contribution in [0.1, 0.15) is 12.8 Å². The second-order valence-electron chi connectivity index (χ2n) is 2.10. The molecule has 0 spiro atoms. The first-order valence-electron chi connectivity index (χ1n) is 3.31. The highest BCUT2D eigenvalue weighted by Gasteiger charge is 1.99. The number of amidine groups is 1. The molecule has 0 aromatic rings. The van der Waals surface area contributed by atoms with E-state index in [-0.39, 0.29) is 0 Å². The van der Waals surface area contributed by atoms with Gasteiger partial charge >= 0.3 is 0 Å². The molecule has 0 saturated heterocycles. The summed E-state index contributed by atoms with van der Waals surface area (Å²) in [6.07, 6.45) is 3.93. The lowest BCUT2D eigenvalue weighted by atomic mass is 10.3. The van der Waals surface area contributed by atoms with Gasteiger partial charge in [-0.05, 0) is 6.42 Å². The van der Waals surface area contributed by atoms with Crippen LogP contribution >= 0.6 is 0 Å².